The van der Waals surface area contributed by atoms with E-state index in [1.807, 2.05) is 13.8 Å². The number of carbonyl (C=O) groups excluding carboxylic acids is 1. The number of hydrogen-bond donors (Lipinski definition) is 2. The smallest absolute Gasteiger partial charge is 0.416 e. The predicted molar refractivity (Wildman–Crippen MR) is 106 cm³/mol. The van der Waals surface area contributed by atoms with Crippen LogP contribution in [0.2, 0.25) is 0 Å². The molecule has 3 atom stereocenters. The van der Waals surface area contributed by atoms with Gasteiger partial charge in [-0.1, -0.05) is 25.5 Å². The first kappa shape index (κ1) is 21.7. The summed E-state index contributed by atoms with van der Waals surface area (Å²) in [6.45, 7) is 1.03. The second kappa shape index (κ2) is 9.66. The van der Waals surface area contributed by atoms with Gasteiger partial charge in [0.15, 0.2) is 0 Å². The Morgan fingerprint density at radius 2 is 2.07 bits per heavy atom. The van der Waals surface area contributed by atoms with Crippen LogP contribution in [0.4, 0.5) is 25.3 Å². The molecule has 0 saturated carbocycles. The van der Waals surface area contributed by atoms with Crippen molar-refractivity contribution in [3.63, 3.8) is 0 Å². The third-order valence-corrected chi connectivity index (χ3v) is 4.77. The fraction of sp³-hybridized carbons (Fsp3) is 0.450. The van der Waals surface area contributed by atoms with Crippen LogP contribution >= 0.6 is 0 Å². The molecule has 3 rings (SSSR count). The predicted octanol–water partition coefficient (Wildman–Crippen LogP) is 3.74. The first-order chi connectivity index (χ1) is 14.4. The van der Waals surface area contributed by atoms with E-state index in [4.69, 9.17) is 4.74 Å². The van der Waals surface area contributed by atoms with Gasteiger partial charge < -0.3 is 19.9 Å². The van der Waals surface area contributed by atoms with Gasteiger partial charge in [0.25, 0.3) is 0 Å². The lowest BCUT2D eigenvalue weighted by Crippen LogP contribution is -2.42. The number of nitrogens with zero attached hydrogens (tertiary/aromatic N) is 3. The molecule has 30 heavy (non-hydrogen) atoms. The Kier molecular flexibility index (Phi) is 6.99. The monoisotopic (exact) mass is 422 g/mol. The molecule has 1 aromatic heterocycles. The molecule has 162 valence electrons. The van der Waals surface area contributed by atoms with Crippen molar-refractivity contribution in [3.05, 3.63) is 42.1 Å². The van der Waals surface area contributed by atoms with Crippen molar-refractivity contribution in [2.45, 2.75) is 51.5 Å². The minimum Gasteiger partial charge on any atom is -0.447 e. The van der Waals surface area contributed by atoms with Crippen LogP contribution in [0.5, 0.6) is 5.75 Å². The molecule has 1 aliphatic heterocycles. The molecule has 1 aromatic carbocycles. The zero-order valence-electron chi connectivity index (χ0n) is 16.7. The number of benzene rings is 1. The van der Waals surface area contributed by atoms with Crippen molar-refractivity contribution >= 4 is 17.9 Å². The summed E-state index contributed by atoms with van der Waals surface area (Å²) in [6.07, 6.45) is 1.53. The maximum absolute atomic E-state index is 12.3. The number of alkyl halides is 2. The van der Waals surface area contributed by atoms with Crippen molar-refractivity contribution < 1.29 is 28.2 Å². The summed E-state index contributed by atoms with van der Waals surface area (Å²) >= 11 is 0. The van der Waals surface area contributed by atoms with Gasteiger partial charge in [-0.3, -0.25) is 4.90 Å². The number of rotatable bonds is 9. The molecule has 0 spiro atoms. The van der Waals surface area contributed by atoms with Crippen LogP contribution in [0.15, 0.2) is 36.5 Å². The number of amides is 1. The van der Waals surface area contributed by atoms with E-state index >= 15 is 0 Å². The van der Waals surface area contributed by atoms with Crippen LogP contribution in [-0.2, 0) is 4.74 Å². The third kappa shape index (κ3) is 5.12. The molecule has 1 fully saturated rings. The van der Waals surface area contributed by atoms with Crippen LogP contribution in [0.25, 0.3) is 0 Å². The van der Waals surface area contributed by atoms with E-state index in [-0.39, 0.29) is 24.3 Å². The highest BCUT2D eigenvalue weighted by Crippen LogP contribution is 2.26. The van der Waals surface area contributed by atoms with Gasteiger partial charge in [0, 0.05) is 6.20 Å². The Morgan fingerprint density at radius 3 is 2.73 bits per heavy atom. The van der Waals surface area contributed by atoms with Crippen LogP contribution in [-0.4, -0.2) is 46.5 Å². The number of nitrogens with one attached hydrogen (secondary N) is 1. The first-order valence-electron chi connectivity index (χ1n) is 9.67. The zero-order valence-corrected chi connectivity index (χ0v) is 16.7. The Balaban J connectivity index is 1.72. The van der Waals surface area contributed by atoms with Crippen molar-refractivity contribution in [2.24, 2.45) is 0 Å². The van der Waals surface area contributed by atoms with Gasteiger partial charge in [0.2, 0.25) is 5.95 Å². The average molecular weight is 422 g/mol. The first-order valence-corrected chi connectivity index (χ1v) is 9.67. The van der Waals surface area contributed by atoms with Gasteiger partial charge in [0.1, 0.15) is 24.2 Å². The largest absolute Gasteiger partial charge is 0.447 e. The van der Waals surface area contributed by atoms with E-state index in [1.54, 1.807) is 18.2 Å². The van der Waals surface area contributed by atoms with Crippen molar-refractivity contribution in [1.82, 2.24) is 9.97 Å². The number of carbonyl (C=O) groups is 1. The number of aromatic nitrogens is 2. The Labute approximate surface area is 172 Å². The van der Waals surface area contributed by atoms with Gasteiger partial charge in [-0.2, -0.15) is 13.8 Å². The third-order valence-electron chi connectivity index (χ3n) is 4.77. The second-order valence-corrected chi connectivity index (χ2v) is 6.92. The van der Waals surface area contributed by atoms with E-state index in [9.17, 15) is 18.7 Å². The lowest BCUT2D eigenvalue weighted by atomic mass is 10.1. The maximum Gasteiger partial charge on any atom is 0.416 e. The highest BCUT2D eigenvalue weighted by molar-refractivity contribution is 5.89. The van der Waals surface area contributed by atoms with Gasteiger partial charge in [0.05, 0.1) is 12.1 Å². The number of aliphatic hydroxyl groups excluding tert-OH is 1. The minimum absolute atomic E-state index is 0.0726. The highest BCUT2D eigenvalue weighted by atomic mass is 19.3. The molecule has 0 radical (unpaired) electrons. The van der Waals surface area contributed by atoms with Crippen LogP contribution in [0.1, 0.15) is 38.3 Å². The average Bonchev–Trinajstić information content (AvgIpc) is 3.10. The lowest BCUT2D eigenvalue weighted by Gasteiger charge is -2.25. The van der Waals surface area contributed by atoms with Gasteiger partial charge >= 0.3 is 12.7 Å². The quantitative estimate of drug-likeness (QED) is 0.635. The molecule has 8 nitrogen and oxygen atoms in total. The fourth-order valence-corrected chi connectivity index (χ4v) is 3.24. The SMILES string of the molecule is CCC[C@@H](O)[C@H]1COC(=O)N1c1ccnc(N[C@@H](C)c2ccc(OC(F)F)cc2)n1. The number of halogens is 2. The number of cyclic esters (lactones) is 1. The van der Waals surface area contributed by atoms with Crippen LogP contribution in [0.3, 0.4) is 0 Å². The molecule has 10 heteroatoms. The topological polar surface area (TPSA) is 96.8 Å². The standard InChI is InChI=1S/C20H24F2N4O4/c1-3-4-16(27)15-11-29-20(28)26(15)17-9-10-23-19(25-17)24-12(2)13-5-7-14(8-6-13)30-18(21)22/h5-10,12,15-16,18,27H,3-4,11H2,1-2H3,(H,23,24,25)/t12-,15+,16+/m0/s1. The Hall–Kier alpha value is -3.01. The normalized spacial score (nSPS) is 18.3. The van der Waals surface area contributed by atoms with Crippen molar-refractivity contribution in [1.29, 1.82) is 0 Å². The summed E-state index contributed by atoms with van der Waals surface area (Å²) in [4.78, 5) is 22.1. The molecule has 0 unspecified atom stereocenters. The molecular formula is C20H24F2N4O4. The Bertz CT molecular complexity index is 853. The van der Waals surface area contributed by atoms with Gasteiger partial charge in [-0.05, 0) is 37.1 Å². The number of aliphatic hydroxyl groups is 1. The van der Waals surface area contributed by atoms with E-state index in [0.29, 0.717) is 12.2 Å². The summed E-state index contributed by atoms with van der Waals surface area (Å²) in [6, 6.07) is 7.05. The van der Waals surface area contributed by atoms with E-state index in [1.165, 1.54) is 23.2 Å². The van der Waals surface area contributed by atoms with Crippen molar-refractivity contribution in [2.75, 3.05) is 16.8 Å². The summed E-state index contributed by atoms with van der Waals surface area (Å²) < 4.78 is 34.0. The molecule has 2 heterocycles. The summed E-state index contributed by atoms with van der Waals surface area (Å²) in [5, 5.41) is 13.5. The number of hydrogen-bond acceptors (Lipinski definition) is 7. The number of anilines is 2. The molecular weight excluding hydrogens is 398 g/mol. The molecule has 1 amide bonds. The van der Waals surface area contributed by atoms with Gasteiger partial charge in [-0.15, -0.1) is 0 Å². The highest BCUT2D eigenvalue weighted by Gasteiger charge is 2.39. The zero-order chi connectivity index (χ0) is 21.7. The van der Waals surface area contributed by atoms with E-state index in [2.05, 4.69) is 20.0 Å². The summed E-state index contributed by atoms with van der Waals surface area (Å²) in [5.74, 6) is 0.669. The van der Waals surface area contributed by atoms with Crippen LogP contribution in [0, 0.1) is 0 Å². The summed E-state index contributed by atoms with van der Waals surface area (Å²) in [7, 11) is 0. The maximum atomic E-state index is 12.3. The Morgan fingerprint density at radius 1 is 1.33 bits per heavy atom. The number of ether oxygens (including phenoxy) is 2. The second-order valence-electron chi connectivity index (χ2n) is 6.92. The molecule has 1 aliphatic rings. The van der Waals surface area contributed by atoms with Crippen LogP contribution < -0.4 is 15.0 Å². The molecule has 0 aliphatic carbocycles. The van der Waals surface area contributed by atoms with Gasteiger partial charge in [-0.25, -0.2) is 9.78 Å². The molecule has 2 aromatic rings. The minimum atomic E-state index is -2.88. The molecule has 2 N–H and O–H groups in total. The lowest BCUT2D eigenvalue weighted by molar-refractivity contribution is -0.0498. The van der Waals surface area contributed by atoms with Crippen molar-refractivity contribution in [3.8, 4) is 5.75 Å². The summed E-state index contributed by atoms with van der Waals surface area (Å²) in [5.41, 5.74) is 0.808. The molecule has 1 saturated heterocycles. The molecule has 0 bridgehead atoms. The fourth-order valence-electron chi connectivity index (χ4n) is 3.24. The van der Waals surface area contributed by atoms with E-state index < -0.39 is 24.9 Å². The van der Waals surface area contributed by atoms with E-state index in [0.717, 1.165) is 12.0 Å².